The van der Waals surface area contributed by atoms with Crippen molar-refractivity contribution in [2.24, 2.45) is 35.5 Å². The van der Waals surface area contributed by atoms with Gasteiger partial charge in [-0.2, -0.15) is 0 Å². The van der Waals surface area contributed by atoms with Gasteiger partial charge in [-0.25, -0.2) is 0 Å². The fraction of sp³-hybridized carbons (Fsp3) is 0.538. The van der Waals surface area contributed by atoms with Crippen LogP contribution in [0.15, 0.2) is 91.7 Å². The predicted molar refractivity (Wildman–Crippen MR) is 296 cm³/mol. The summed E-state index contributed by atoms with van der Waals surface area (Å²) in [5.74, 6) is 7.22. The Morgan fingerprint density at radius 2 is 0.836 bits per heavy atom. The van der Waals surface area contributed by atoms with Gasteiger partial charge in [-0.1, -0.05) is 203 Å². The Morgan fingerprint density at radius 1 is 0.492 bits per heavy atom. The standard InChI is InChI=1S/C15H18Br2.C15H10Br2.2C9H15Br.C2H4.2CH3.2BrH.Zr/c2*16-14-7-13(8-15(17)9-14)12-5-10-3-1-2-4-11(10)6-12;2*10-9-5-7-3-1-2-4-8(7)6-9;1-2;;;;;/h7-12H,1-6H2;1-5,7-9H,6H2;2*7-9H,1-6H2;1-2H2;2*1H3;2*1H;/q;;;;;2*-1;;;+4/p-2. The maximum absolute atomic E-state index is 3.73. The second-order valence-electron chi connectivity index (χ2n) is 17.7. The number of allylic oxidation sites excluding steroid dienone is 1. The van der Waals surface area contributed by atoms with E-state index in [1.54, 1.807) is 0 Å². The van der Waals surface area contributed by atoms with E-state index in [4.69, 9.17) is 0 Å². The molecule has 6 saturated carbocycles. The Morgan fingerprint density at radius 3 is 1.21 bits per heavy atom. The fourth-order valence-electron chi connectivity index (χ4n) is 11.3. The van der Waals surface area contributed by atoms with Crippen LogP contribution in [0.4, 0.5) is 0 Å². The molecule has 7 aliphatic rings. The summed E-state index contributed by atoms with van der Waals surface area (Å²) in [6, 6.07) is 21.7. The van der Waals surface area contributed by atoms with Gasteiger partial charge in [0.1, 0.15) is 0 Å². The first-order chi connectivity index (χ1) is 28.6. The maximum atomic E-state index is 3.73. The van der Waals surface area contributed by atoms with E-state index < -0.39 is 0 Å². The summed E-state index contributed by atoms with van der Waals surface area (Å²) in [5, 5.41) is 0. The van der Waals surface area contributed by atoms with Gasteiger partial charge in [0.2, 0.25) is 0 Å². The maximum Gasteiger partial charge on any atom is -0.358 e. The summed E-state index contributed by atoms with van der Waals surface area (Å²) in [4.78, 5) is 1.72. The molecule has 61 heavy (non-hydrogen) atoms. The molecule has 0 aliphatic heterocycles. The van der Waals surface area contributed by atoms with E-state index in [-0.39, 0.29) is 33.4 Å². The molecule has 0 heterocycles. The molecule has 0 N–H and O–H groups in total. The number of hydrogen-bond donors (Lipinski definition) is 0. The summed E-state index contributed by atoms with van der Waals surface area (Å²) in [5.41, 5.74) is 6.95. The van der Waals surface area contributed by atoms with Gasteiger partial charge in [0.15, 0.2) is 0 Å². The van der Waals surface area contributed by atoms with E-state index in [0.717, 1.165) is 66.4 Å². The molecule has 0 bridgehead atoms. The van der Waals surface area contributed by atoms with Crippen LogP contribution in [0, 0.1) is 50.4 Å². The molecule has 3 aromatic carbocycles. The Kier molecular flexibility index (Phi) is 28.5. The first kappa shape index (κ1) is 57.2. The van der Waals surface area contributed by atoms with Gasteiger partial charge in [0.05, 0.1) is 0 Å². The van der Waals surface area contributed by atoms with Crippen LogP contribution in [-0.4, -0.2) is 9.65 Å². The molecule has 0 aromatic heterocycles. The molecule has 336 valence electrons. The van der Waals surface area contributed by atoms with Crippen LogP contribution in [0.5, 0.6) is 0 Å². The fourth-order valence-corrected chi connectivity index (χ4v) is 15.9. The normalized spacial score (nSPS) is 28.5. The molecular formula is C52H68Br8Zr. The van der Waals surface area contributed by atoms with Crippen LogP contribution in [-0.2, 0) is 25.0 Å². The molecule has 6 atom stereocenters. The quantitative estimate of drug-likeness (QED) is 0.136. The number of alkyl halides is 2. The van der Waals surface area contributed by atoms with E-state index >= 15 is 0 Å². The molecule has 9 heteroatoms. The zero-order chi connectivity index (χ0) is 42.3. The van der Waals surface area contributed by atoms with E-state index in [2.05, 4.69) is 200 Å². The molecule has 0 saturated heterocycles. The van der Waals surface area contributed by atoms with Gasteiger partial charge in [-0.3, -0.25) is 0 Å². The average molecular weight is 1420 g/mol. The molecule has 3 aromatic rings. The minimum absolute atomic E-state index is 0. The zero-order valence-electron chi connectivity index (χ0n) is 36.4. The Hall–Kier alpha value is 1.86. The van der Waals surface area contributed by atoms with Gasteiger partial charge >= 0.3 is 43.0 Å². The van der Waals surface area contributed by atoms with Crippen LogP contribution in [0.3, 0.4) is 0 Å². The molecule has 0 spiro atoms. The summed E-state index contributed by atoms with van der Waals surface area (Å²) in [7, 11) is 0. The van der Waals surface area contributed by atoms with Crippen LogP contribution < -0.4 is 0 Å². The first-order valence-corrected chi connectivity index (χ1v) is 38.3. The number of benzene rings is 3. The third kappa shape index (κ3) is 18.4. The van der Waals surface area contributed by atoms with Gasteiger partial charge in [0, 0.05) is 27.5 Å². The van der Waals surface area contributed by atoms with Crippen LogP contribution >= 0.6 is 120 Å². The topological polar surface area (TPSA) is 0 Å². The third-order valence-electron chi connectivity index (χ3n) is 14.0. The largest absolute Gasteiger partial charge is 0.358 e. The SMILES string of the molecule is BrC1CC2CCCCC2C1.BrC1CC2CCCCC2C1.Brc1cc(Br)cc(C2=Cc3ccccc3C2)c1.Brc1cc(Br)cc(C2CC3CCCCC3C2)c1.C=C.[Br][Zr+2][Br].[CH3-].[CH3-]. The van der Waals surface area contributed by atoms with Crippen LogP contribution in [0.1, 0.15) is 144 Å². The molecule has 7 aliphatic carbocycles. The van der Waals surface area contributed by atoms with Crippen molar-refractivity contribution < 1.29 is 18.5 Å². The van der Waals surface area contributed by atoms with Crippen molar-refractivity contribution in [2.75, 3.05) is 0 Å². The van der Waals surface area contributed by atoms with Gasteiger partial charge in [-0.15, -0.1) is 13.2 Å². The molecule has 6 fully saturated rings. The Balaban J connectivity index is 0.000000212. The van der Waals surface area contributed by atoms with Crippen LogP contribution in [0.2, 0.25) is 0 Å². The number of halogens is 8. The van der Waals surface area contributed by atoms with Gasteiger partial charge in [-0.05, 0) is 151 Å². The second kappa shape index (κ2) is 30.4. The summed E-state index contributed by atoms with van der Waals surface area (Å²) in [6.07, 6.45) is 30.0. The minimum Gasteiger partial charge on any atom is -0.358 e. The number of fused-ring (bicyclic) bond motifs is 4. The van der Waals surface area contributed by atoms with Crippen molar-refractivity contribution >= 4 is 132 Å². The van der Waals surface area contributed by atoms with E-state index in [1.807, 2.05) is 0 Å². The zero-order valence-corrected chi connectivity index (χ0v) is 51.6. The Bertz CT molecular complexity index is 1650. The first-order valence-electron chi connectivity index (χ1n) is 22.0. The molecular weight excluding hydrogens is 1360 g/mol. The monoisotopic (exact) mass is 1410 g/mol. The van der Waals surface area contributed by atoms with Crippen molar-refractivity contribution in [1.29, 1.82) is 0 Å². The number of hydrogen-bond acceptors (Lipinski definition) is 0. The average Bonchev–Trinajstić information content (AvgIpc) is 4.02. The molecule has 0 nitrogen and oxygen atoms in total. The smallest absolute Gasteiger partial charge is 0.358 e. The van der Waals surface area contributed by atoms with Crippen molar-refractivity contribution in [3.05, 3.63) is 129 Å². The Labute approximate surface area is 446 Å². The van der Waals surface area contributed by atoms with Crippen molar-refractivity contribution in [1.82, 2.24) is 0 Å². The molecule has 0 amide bonds. The van der Waals surface area contributed by atoms with E-state index in [1.165, 1.54) is 152 Å². The molecule has 0 radical (unpaired) electrons. The summed E-state index contributed by atoms with van der Waals surface area (Å²) >= 11 is 28.1. The van der Waals surface area contributed by atoms with E-state index in [0.29, 0.717) is 0 Å². The van der Waals surface area contributed by atoms with Crippen molar-refractivity contribution in [3.8, 4) is 0 Å². The van der Waals surface area contributed by atoms with Crippen LogP contribution in [0.25, 0.3) is 11.6 Å². The van der Waals surface area contributed by atoms with Crippen molar-refractivity contribution in [3.63, 3.8) is 0 Å². The molecule has 6 unspecified atom stereocenters. The van der Waals surface area contributed by atoms with Gasteiger partial charge < -0.3 is 14.9 Å². The molecule has 10 rings (SSSR count). The van der Waals surface area contributed by atoms with E-state index in [9.17, 15) is 0 Å². The summed E-state index contributed by atoms with van der Waals surface area (Å²) < 4.78 is 4.63. The third-order valence-corrected chi connectivity index (χ3v) is 17.3. The minimum atomic E-state index is -0.145. The van der Waals surface area contributed by atoms with Crippen molar-refractivity contribution in [2.45, 2.75) is 138 Å². The second-order valence-corrected chi connectivity index (χ2v) is 35.3. The predicted octanol–water partition coefficient (Wildman–Crippen LogP) is 21.3. The van der Waals surface area contributed by atoms with Gasteiger partial charge in [0.25, 0.3) is 0 Å². The number of rotatable bonds is 2. The summed E-state index contributed by atoms with van der Waals surface area (Å²) in [6.45, 7) is 6.00.